The molecule has 2 N–H and O–H groups in total. The van der Waals surface area contributed by atoms with Crippen LogP contribution in [-0.4, -0.2) is 49.7 Å². The summed E-state index contributed by atoms with van der Waals surface area (Å²) in [5.41, 5.74) is 3.90. The van der Waals surface area contributed by atoms with Crippen LogP contribution in [0.4, 0.5) is 17.3 Å². The summed E-state index contributed by atoms with van der Waals surface area (Å²) in [7, 11) is -0.314. The summed E-state index contributed by atoms with van der Waals surface area (Å²) in [6.07, 6.45) is 4.15. The third-order valence-electron chi connectivity index (χ3n) is 8.09. The van der Waals surface area contributed by atoms with Gasteiger partial charge >= 0.3 is 0 Å². The van der Waals surface area contributed by atoms with E-state index >= 15 is 0 Å². The fourth-order valence-corrected chi connectivity index (χ4v) is 5.61. The van der Waals surface area contributed by atoms with Crippen LogP contribution in [0.5, 0.6) is 0 Å². The van der Waals surface area contributed by atoms with Gasteiger partial charge in [-0.2, -0.15) is 5.26 Å². The molecule has 0 radical (unpaired) electrons. The molecule has 0 spiro atoms. The Labute approximate surface area is 237 Å². The molecule has 0 bridgehead atoms. The van der Waals surface area contributed by atoms with Crippen molar-refractivity contribution in [1.29, 1.82) is 5.26 Å². The number of methoxy groups -OCH3 is 1. The zero-order valence-corrected chi connectivity index (χ0v) is 25.6. The van der Waals surface area contributed by atoms with Gasteiger partial charge in [0, 0.05) is 56.8 Å². The third-order valence-corrected chi connectivity index (χ3v) is 12.6. The van der Waals surface area contributed by atoms with Crippen molar-refractivity contribution in [2.24, 2.45) is 0 Å². The minimum atomic E-state index is -1.96. The quantitative estimate of drug-likeness (QED) is 0.241. The monoisotopic (exact) mass is 560 g/mol. The molecule has 1 aliphatic rings. The molecule has 4 rings (SSSR count). The lowest BCUT2D eigenvalue weighted by molar-refractivity contribution is 0.190. The SMILES string of the molecule is COCCCn1cccc(Nc2nccc(-c3cc(C#N)c4c(c3)[C@@](C)(CO[Si](C)(C)C(C)(C)C)CN4)n2)c1=O. The number of nitrogens with one attached hydrogen (secondary N) is 2. The zero-order chi connectivity index (χ0) is 29.1. The van der Waals surface area contributed by atoms with Crippen molar-refractivity contribution in [1.82, 2.24) is 14.5 Å². The second-order valence-electron chi connectivity index (χ2n) is 12.2. The van der Waals surface area contributed by atoms with Crippen molar-refractivity contribution in [3.8, 4) is 17.3 Å². The molecule has 212 valence electrons. The lowest BCUT2D eigenvalue weighted by atomic mass is 9.83. The van der Waals surface area contributed by atoms with Crippen LogP contribution < -0.4 is 16.2 Å². The molecule has 3 heterocycles. The molecule has 3 aromatic rings. The molecule has 2 aromatic heterocycles. The van der Waals surface area contributed by atoms with Gasteiger partial charge in [0.25, 0.3) is 5.56 Å². The van der Waals surface area contributed by atoms with Crippen molar-refractivity contribution in [2.75, 3.05) is 37.5 Å². The topological polar surface area (TPSA) is 114 Å². The minimum absolute atomic E-state index is 0.105. The summed E-state index contributed by atoms with van der Waals surface area (Å²) in [4.78, 5) is 22.0. The van der Waals surface area contributed by atoms with E-state index < -0.39 is 8.32 Å². The number of pyridine rings is 1. The predicted molar refractivity (Wildman–Crippen MR) is 162 cm³/mol. The van der Waals surface area contributed by atoms with Gasteiger partial charge in [-0.1, -0.05) is 27.7 Å². The fraction of sp³-hybridized carbons (Fsp3) is 0.467. The van der Waals surface area contributed by atoms with Crippen LogP contribution in [0.1, 0.15) is 45.2 Å². The summed E-state index contributed by atoms with van der Waals surface area (Å²) in [5.74, 6) is 0.311. The third kappa shape index (κ3) is 6.12. The van der Waals surface area contributed by atoms with Gasteiger partial charge in [-0.15, -0.1) is 0 Å². The molecule has 10 heteroatoms. The standard InChI is InChI=1S/C30H40N6O3Si/c1-29(2,3)40(6,7)39-20-30(4)19-33-26-22(18-31)16-21(17-23(26)30)24-11-12-32-28(34-24)35-25-10-8-13-36(27(25)37)14-9-15-38-5/h8,10-13,16-17,33H,9,14-15,19-20H2,1-7H3,(H,32,34,35)/t30-/m1/s1. The Bertz CT molecular complexity index is 1470. The average Bonchev–Trinajstić information content (AvgIpc) is 3.25. The zero-order valence-electron chi connectivity index (χ0n) is 24.6. The number of benzene rings is 1. The van der Waals surface area contributed by atoms with Gasteiger partial charge in [-0.25, -0.2) is 9.97 Å². The first-order valence-electron chi connectivity index (χ1n) is 13.6. The first-order chi connectivity index (χ1) is 18.9. The van der Waals surface area contributed by atoms with Gasteiger partial charge in [-0.3, -0.25) is 4.79 Å². The van der Waals surface area contributed by atoms with Crippen LogP contribution >= 0.6 is 0 Å². The number of nitrogens with zero attached hydrogens (tertiary/aromatic N) is 4. The Hall–Kier alpha value is -3.52. The molecule has 0 fully saturated rings. The van der Waals surface area contributed by atoms with Gasteiger partial charge in [0.2, 0.25) is 5.95 Å². The number of rotatable bonds is 10. The normalized spacial score (nSPS) is 16.8. The molecule has 1 aromatic carbocycles. The number of ether oxygens (including phenoxy) is 1. The lowest BCUT2D eigenvalue weighted by Gasteiger charge is -2.39. The van der Waals surface area contributed by atoms with Crippen molar-refractivity contribution < 1.29 is 9.16 Å². The number of anilines is 3. The Morgan fingerprint density at radius 3 is 2.75 bits per heavy atom. The van der Waals surface area contributed by atoms with E-state index in [1.54, 1.807) is 30.1 Å². The Balaban J connectivity index is 1.63. The first kappa shape index (κ1) is 29.5. The van der Waals surface area contributed by atoms with E-state index in [1.165, 1.54) is 0 Å². The number of hydrogen-bond acceptors (Lipinski definition) is 8. The van der Waals surface area contributed by atoms with Gasteiger partial charge in [0.15, 0.2) is 8.32 Å². The summed E-state index contributed by atoms with van der Waals surface area (Å²) in [6, 6.07) is 11.7. The molecule has 1 aliphatic heterocycles. The maximum Gasteiger partial charge on any atom is 0.274 e. The smallest absolute Gasteiger partial charge is 0.274 e. The summed E-state index contributed by atoms with van der Waals surface area (Å²) < 4.78 is 13.4. The van der Waals surface area contributed by atoms with E-state index in [0.29, 0.717) is 49.2 Å². The molecule has 1 atom stereocenters. The van der Waals surface area contributed by atoms with Gasteiger partial charge in [0.05, 0.1) is 16.9 Å². The molecule has 0 unspecified atom stereocenters. The van der Waals surface area contributed by atoms with Crippen LogP contribution in [0.15, 0.2) is 47.5 Å². The van der Waals surface area contributed by atoms with Gasteiger partial charge in [-0.05, 0) is 60.4 Å². The van der Waals surface area contributed by atoms with Crippen LogP contribution in [-0.2, 0) is 21.1 Å². The van der Waals surface area contributed by atoms with E-state index in [9.17, 15) is 10.1 Å². The highest BCUT2D eigenvalue weighted by Crippen LogP contribution is 2.44. The Kier molecular flexibility index (Phi) is 8.49. The van der Waals surface area contributed by atoms with E-state index in [0.717, 1.165) is 23.2 Å². The summed E-state index contributed by atoms with van der Waals surface area (Å²) >= 11 is 0. The van der Waals surface area contributed by atoms with Crippen molar-refractivity contribution in [3.05, 3.63) is 64.2 Å². The highest BCUT2D eigenvalue weighted by molar-refractivity contribution is 6.74. The lowest BCUT2D eigenvalue weighted by Crippen LogP contribution is -2.45. The number of fused-ring (bicyclic) bond motifs is 1. The van der Waals surface area contributed by atoms with Crippen LogP contribution in [0.3, 0.4) is 0 Å². The van der Waals surface area contributed by atoms with E-state index in [-0.39, 0.29) is 16.0 Å². The first-order valence-corrected chi connectivity index (χ1v) is 16.5. The number of hydrogen-bond donors (Lipinski definition) is 2. The Morgan fingerprint density at radius 2 is 2.05 bits per heavy atom. The number of nitriles is 1. The van der Waals surface area contributed by atoms with E-state index in [1.807, 2.05) is 18.2 Å². The molecule has 0 amide bonds. The second kappa shape index (κ2) is 11.5. The van der Waals surface area contributed by atoms with E-state index in [2.05, 4.69) is 68.5 Å². The maximum absolute atomic E-state index is 13.0. The van der Waals surface area contributed by atoms with Crippen LogP contribution in [0.25, 0.3) is 11.3 Å². The van der Waals surface area contributed by atoms with E-state index in [4.69, 9.17) is 14.1 Å². The number of aromatic nitrogens is 3. The molecule has 0 saturated heterocycles. The van der Waals surface area contributed by atoms with Crippen molar-refractivity contribution >= 4 is 25.6 Å². The summed E-state index contributed by atoms with van der Waals surface area (Å²) in [6.45, 7) is 15.8. The minimum Gasteiger partial charge on any atom is -0.416 e. The maximum atomic E-state index is 13.0. The number of aryl methyl sites for hydroxylation is 1. The Morgan fingerprint density at radius 1 is 1.27 bits per heavy atom. The fourth-order valence-electron chi connectivity index (χ4n) is 4.50. The molecule has 0 saturated carbocycles. The van der Waals surface area contributed by atoms with Crippen LogP contribution in [0.2, 0.25) is 18.1 Å². The average molecular weight is 561 g/mol. The second-order valence-corrected chi connectivity index (χ2v) is 17.0. The van der Waals surface area contributed by atoms with Crippen LogP contribution in [0, 0.1) is 11.3 Å². The molecule has 0 aliphatic carbocycles. The molecule has 9 nitrogen and oxygen atoms in total. The van der Waals surface area contributed by atoms with Crippen molar-refractivity contribution in [2.45, 2.75) is 64.2 Å². The van der Waals surface area contributed by atoms with Crippen molar-refractivity contribution in [3.63, 3.8) is 0 Å². The largest absolute Gasteiger partial charge is 0.416 e. The highest BCUT2D eigenvalue weighted by atomic mass is 28.4. The molecular formula is C30H40N6O3Si. The van der Waals surface area contributed by atoms with Gasteiger partial charge < -0.3 is 24.4 Å². The molecule has 40 heavy (non-hydrogen) atoms. The van der Waals surface area contributed by atoms with Gasteiger partial charge in [0.1, 0.15) is 11.8 Å². The molecular weight excluding hydrogens is 520 g/mol. The summed E-state index contributed by atoms with van der Waals surface area (Å²) in [5, 5.41) is 16.6. The highest BCUT2D eigenvalue weighted by Gasteiger charge is 2.42. The predicted octanol–water partition coefficient (Wildman–Crippen LogP) is 5.66.